The van der Waals surface area contributed by atoms with E-state index in [1.807, 2.05) is 0 Å². The number of halogens is 3. The number of hydrogen-bond donors (Lipinski definition) is 0. The van der Waals surface area contributed by atoms with Crippen molar-refractivity contribution in [1.82, 2.24) is 4.90 Å². The molecule has 0 radical (unpaired) electrons. The van der Waals surface area contributed by atoms with Crippen LogP contribution in [0.5, 0.6) is 0 Å². The first-order valence-electron chi connectivity index (χ1n) is 6.88. The molecule has 124 valence electrons. The van der Waals surface area contributed by atoms with Crippen LogP contribution in [-0.2, 0) is 17.5 Å². The summed E-state index contributed by atoms with van der Waals surface area (Å²) in [4.78, 5) is 14.0. The molecule has 0 aliphatic heterocycles. The molecule has 1 aromatic heterocycles. The van der Waals surface area contributed by atoms with Crippen LogP contribution in [0.2, 0.25) is 0 Å². The number of furan rings is 1. The number of rotatable bonds is 6. The predicted octanol–water partition coefficient (Wildman–Crippen LogP) is 3.59. The Morgan fingerprint density at radius 2 is 1.91 bits per heavy atom. The van der Waals surface area contributed by atoms with Gasteiger partial charge in [0.2, 0.25) is 0 Å². The molecule has 0 spiro atoms. The zero-order valence-corrected chi connectivity index (χ0v) is 12.5. The number of carbonyl (C=O) groups is 1. The van der Waals surface area contributed by atoms with E-state index in [9.17, 15) is 18.0 Å². The van der Waals surface area contributed by atoms with E-state index in [2.05, 4.69) is 0 Å². The molecule has 0 bridgehead atoms. The molecule has 0 saturated carbocycles. The SMILES string of the molecule is COCCN(Cc1ccoc1)C(=O)c1ccc(C(F)(F)F)cc1. The summed E-state index contributed by atoms with van der Waals surface area (Å²) in [5, 5.41) is 0. The number of nitrogens with zero attached hydrogens (tertiary/aromatic N) is 1. The van der Waals surface area contributed by atoms with Crippen molar-refractivity contribution >= 4 is 5.91 Å². The molecule has 0 aliphatic carbocycles. The van der Waals surface area contributed by atoms with Crippen LogP contribution in [0.15, 0.2) is 47.3 Å². The lowest BCUT2D eigenvalue weighted by Crippen LogP contribution is -2.33. The lowest BCUT2D eigenvalue weighted by Gasteiger charge is -2.22. The van der Waals surface area contributed by atoms with E-state index in [-0.39, 0.29) is 11.5 Å². The lowest BCUT2D eigenvalue weighted by molar-refractivity contribution is -0.137. The molecule has 0 saturated heterocycles. The van der Waals surface area contributed by atoms with Crippen LogP contribution >= 0.6 is 0 Å². The second-order valence-electron chi connectivity index (χ2n) is 4.93. The molecular weight excluding hydrogens is 311 g/mol. The Balaban J connectivity index is 2.15. The minimum Gasteiger partial charge on any atom is -0.472 e. The van der Waals surface area contributed by atoms with Gasteiger partial charge < -0.3 is 14.1 Å². The zero-order valence-electron chi connectivity index (χ0n) is 12.5. The number of alkyl halides is 3. The van der Waals surface area contributed by atoms with Gasteiger partial charge in [-0.15, -0.1) is 0 Å². The van der Waals surface area contributed by atoms with E-state index in [1.54, 1.807) is 6.07 Å². The molecule has 0 fully saturated rings. The first-order chi connectivity index (χ1) is 10.9. The van der Waals surface area contributed by atoms with Gasteiger partial charge in [-0.1, -0.05) is 0 Å². The Bertz CT molecular complexity index is 621. The highest BCUT2D eigenvalue weighted by Gasteiger charge is 2.30. The first-order valence-corrected chi connectivity index (χ1v) is 6.88. The summed E-state index contributed by atoms with van der Waals surface area (Å²) in [6, 6.07) is 5.89. The predicted molar refractivity (Wildman–Crippen MR) is 76.8 cm³/mol. The number of amides is 1. The Morgan fingerprint density at radius 3 is 2.43 bits per heavy atom. The largest absolute Gasteiger partial charge is 0.472 e. The van der Waals surface area contributed by atoms with Crippen LogP contribution in [0.4, 0.5) is 13.2 Å². The van der Waals surface area contributed by atoms with E-state index in [0.717, 1.165) is 17.7 Å². The van der Waals surface area contributed by atoms with Gasteiger partial charge in [0.25, 0.3) is 5.91 Å². The van der Waals surface area contributed by atoms with Gasteiger partial charge in [0.15, 0.2) is 0 Å². The van der Waals surface area contributed by atoms with Crippen LogP contribution in [0.25, 0.3) is 0 Å². The van der Waals surface area contributed by atoms with Crippen LogP contribution in [0.3, 0.4) is 0 Å². The molecule has 0 atom stereocenters. The second-order valence-corrected chi connectivity index (χ2v) is 4.93. The van der Waals surface area contributed by atoms with E-state index >= 15 is 0 Å². The normalized spacial score (nSPS) is 11.5. The molecule has 1 amide bonds. The molecule has 23 heavy (non-hydrogen) atoms. The van der Waals surface area contributed by atoms with Crippen LogP contribution < -0.4 is 0 Å². The third-order valence-electron chi connectivity index (χ3n) is 3.27. The maximum absolute atomic E-state index is 12.6. The van der Waals surface area contributed by atoms with Crippen molar-refractivity contribution in [2.75, 3.05) is 20.3 Å². The van der Waals surface area contributed by atoms with Crippen molar-refractivity contribution in [2.24, 2.45) is 0 Å². The summed E-state index contributed by atoms with van der Waals surface area (Å²) in [7, 11) is 1.51. The standard InChI is InChI=1S/C16H16F3NO3/c1-22-9-7-20(10-12-6-8-23-11-12)15(21)13-2-4-14(5-3-13)16(17,18)19/h2-6,8,11H,7,9-10H2,1H3. The van der Waals surface area contributed by atoms with E-state index < -0.39 is 11.7 Å². The van der Waals surface area contributed by atoms with Gasteiger partial charge in [0.05, 0.1) is 24.7 Å². The van der Waals surface area contributed by atoms with Crippen molar-refractivity contribution < 1.29 is 27.1 Å². The maximum atomic E-state index is 12.6. The minimum atomic E-state index is -4.42. The van der Waals surface area contributed by atoms with Crippen molar-refractivity contribution in [3.8, 4) is 0 Å². The Hall–Kier alpha value is -2.28. The Labute approximate surface area is 131 Å². The fourth-order valence-corrected chi connectivity index (χ4v) is 2.04. The smallest absolute Gasteiger partial charge is 0.416 e. The van der Waals surface area contributed by atoms with Gasteiger partial charge in [0.1, 0.15) is 0 Å². The number of hydrogen-bond acceptors (Lipinski definition) is 3. The number of benzene rings is 1. The van der Waals surface area contributed by atoms with Gasteiger partial charge >= 0.3 is 6.18 Å². The second kappa shape index (κ2) is 7.32. The molecule has 0 aliphatic rings. The molecule has 1 aromatic carbocycles. The van der Waals surface area contributed by atoms with Gasteiger partial charge in [-0.2, -0.15) is 13.2 Å². The van der Waals surface area contributed by atoms with Gasteiger partial charge in [-0.25, -0.2) is 0 Å². The van der Waals surface area contributed by atoms with Crippen molar-refractivity contribution in [1.29, 1.82) is 0 Å². The zero-order chi connectivity index (χ0) is 16.9. The first kappa shape index (κ1) is 17.1. The van der Waals surface area contributed by atoms with Gasteiger partial charge in [-0.3, -0.25) is 4.79 Å². The summed E-state index contributed by atoms with van der Waals surface area (Å²) in [5.74, 6) is -0.364. The quantitative estimate of drug-likeness (QED) is 0.814. The van der Waals surface area contributed by atoms with E-state index in [4.69, 9.17) is 9.15 Å². The van der Waals surface area contributed by atoms with Crippen molar-refractivity contribution in [3.63, 3.8) is 0 Å². The average Bonchev–Trinajstić information content (AvgIpc) is 3.03. The van der Waals surface area contributed by atoms with E-state index in [1.165, 1.54) is 36.7 Å². The highest BCUT2D eigenvalue weighted by atomic mass is 19.4. The molecule has 7 heteroatoms. The highest BCUT2D eigenvalue weighted by Crippen LogP contribution is 2.29. The fraction of sp³-hybridized carbons (Fsp3) is 0.312. The molecular formula is C16H16F3NO3. The minimum absolute atomic E-state index is 0.192. The van der Waals surface area contributed by atoms with Gasteiger partial charge in [0, 0.05) is 31.3 Å². The third kappa shape index (κ3) is 4.59. The summed E-state index contributed by atoms with van der Waals surface area (Å²) in [5.41, 5.74) is 0.200. The highest BCUT2D eigenvalue weighted by molar-refractivity contribution is 5.94. The Morgan fingerprint density at radius 1 is 1.22 bits per heavy atom. The third-order valence-corrected chi connectivity index (χ3v) is 3.27. The summed E-state index contributed by atoms with van der Waals surface area (Å²) >= 11 is 0. The molecule has 4 nitrogen and oxygen atoms in total. The molecule has 0 unspecified atom stereocenters. The van der Waals surface area contributed by atoms with Crippen LogP contribution in [-0.4, -0.2) is 31.1 Å². The topological polar surface area (TPSA) is 42.7 Å². The molecule has 1 heterocycles. The lowest BCUT2D eigenvalue weighted by atomic mass is 10.1. The summed E-state index contributed by atoms with van der Waals surface area (Å²) in [6.45, 7) is 0.936. The number of methoxy groups -OCH3 is 1. The monoisotopic (exact) mass is 327 g/mol. The summed E-state index contributed by atoms with van der Waals surface area (Å²) in [6.07, 6.45) is -1.42. The molecule has 0 N–H and O–H groups in total. The van der Waals surface area contributed by atoms with Crippen LogP contribution in [0.1, 0.15) is 21.5 Å². The van der Waals surface area contributed by atoms with Crippen molar-refractivity contribution in [3.05, 3.63) is 59.5 Å². The molecule has 2 aromatic rings. The van der Waals surface area contributed by atoms with Crippen LogP contribution in [0, 0.1) is 0 Å². The van der Waals surface area contributed by atoms with Gasteiger partial charge in [-0.05, 0) is 30.3 Å². The summed E-state index contributed by atoms with van der Waals surface area (Å²) < 4.78 is 47.7. The fourth-order valence-electron chi connectivity index (χ4n) is 2.04. The van der Waals surface area contributed by atoms with Crippen molar-refractivity contribution in [2.45, 2.75) is 12.7 Å². The Kier molecular flexibility index (Phi) is 5.44. The maximum Gasteiger partial charge on any atom is 0.416 e. The molecule has 2 rings (SSSR count). The average molecular weight is 327 g/mol. The number of ether oxygens (including phenoxy) is 1. The van der Waals surface area contributed by atoms with E-state index in [0.29, 0.717) is 19.7 Å². The number of carbonyl (C=O) groups excluding carboxylic acids is 1.